The van der Waals surface area contributed by atoms with E-state index in [4.69, 9.17) is 4.42 Å². The number of hydrogen-bond donors (Lipinski definition) is 2. The zero-order chi connectivity index (χ0) is 22.8. The van der Waals surface area contributed by atoms with Crippen molar-refractivity contribution < 1.29 is 18.8 Å². The number of piperidine rings is 1. The minimum Gasteiger partial charge on any atom is -0.451 e. The number of hydrogen-bond acceptors (Lipinski definition) is 9. The zero-order valence-corrected chi connectivity index (χ0v) is 18.8. The molecule has 33 heavy (non-hydrogen) atoms. The van der Waals surface area contributed by atoms with Gasteiger partial charge in [0.2, 0.25) is 0 Å². The zero-order valence-electron chi connectivity index (χ0n) is 17.2. The molecule has 1 aliphatic heterocycles. The van der Waals surface area contributed by atoms with Gasteiger partial charge < -0.3 is 9.32 Å². The first-order chi connectivity index (χ1) is 16.1. The first-order valence-electron chi connectivity index (χ1n) is 10.2. The number of likely N-dealkylation sites (tertiary alicyclic amines) is 1. The van der Waals surface area contributed by atoms with Gasteiger partial charge in [0.05, 0.1) is 5.01 Å². The summed E-state index contributed by atoms with van der Waals surface area (Å²) in [6.07, 6.45) is 1.49. The van der Waals surface area contributed by atoms with Gasteiger partial charge in [-0.15, -0.1) is 16.4 Å². The van der Waals surface area contributed by atoms with E-state index in [1.165, 1.54) is 16.7 Å². The maximum absolute atomic E-state index is 12.8. The molecule has 4 heterocycles. The third-order valence-corrected chi connectivity index (χ3v) is 6.92. The van der Waals surface area contributed by atoms with E-state index in [0.29, 0.717) is 24.4 Å². The van der Waals surface area contributed by atoms with Gasteiger partial charge in [0, 0.05) is 35.2 Å². The summed E-state index contributed by atoms with van der Waals surface area (Å²) in [6, 6.07) is 9.32. The lowest BCUT2D eigenvalue weighted by atomic mass is 9.97. The maximum atomic E-state index is 12.8. The highest BCUT2D eigenvalue weighted by molar-refractivity contribution is 7.10. The van der Waals surface area contributed by atoms with Crippen LogP contribution in [0.4, 0.5) is 0 Å². The first-order valence-corrected chi connectivity index (χ1v) is 11.9. The van der Waals surface area contributed by atoms with Gasteiger partial charge in [-0.05, 0) is 36.5 Å². The predicted molar refractivity (Wildman–Crippen MR) is 121 cm³/mol. The Balaban J connectivity index is 1.15. The van der Waals surface area contributed by atoms with Gasteiger partial charge in [-0.25, -0.2) is 4.98 Å². The molecule has 12 heteroatoms. The summed E-state index contributed by atoms with van der Waals surface area (Å²) in [5, 5.41) is 8.52. The van der Waals surface area contributed by atoms with Crippen molar-refractivity contribution in [3.8, 4) is 0 Å². The molecule has 10 nitrogen and oxygen atoms in total. The van der Waals surface area contributed by atoms with Crippen LogP contribution in [0.3, 0.4) is 0 Å². The molecule has 0 radical (unpaired) electrons. The van der Waals surface area contributed by atoms with E-state index < -0.39 is 11.8 Å². The van der Waals surface area contributed by atoms with Gasteiger partial charge in [-0.3, -0.25) is 25.2 Å². The number of furan rings is 1. The van der Waals surface area contributed by atoms with Crippen molar-refractivity contribution in [3.63, 3.8) is 0 Å². The Bertz CT molecular complexity index is 1270. The fourth-order valence-electron chi connectivity index (χ4n) is 3.66. The molecule has 1 aliphatic rings. The third-order valence-electron chi connectivity index (χ3n) is 5.40. The Labute approximate surface area is 195 Å². The molecule has 4 aromatic rings. The minimum absolute atomic E-state index is 0.116. The van der Waals surface area contributed by atoms with E-state index in [0.717, 1.165) is 34.8 Å². The van der Waals surface area contributed by atoms with Crippen LogP contribution in [-0.2, 0) is 0 Å². The van der Waals surface area contributed by atoms with Gasteiger partial charge in [0.25, 0.3) is 17.7 Å². The number of thiazole rings is 1. The normalized spacial score (nSPS) is 14.4. The molecule has 3 amide bonds. The number of carbonyl (C=O) groups is 3. The maximum Gasteiger partial charge on any atom is 0.291 e. The van der Waals surface area contributed by atoms with Gasteiger partial charge in [0.15, 0.2) is 11.5 Å². The molecule has 2 N–H and O–H groups in total. The Hall–Kier alpha value is -3.64. The second-order valence-corrected chi connectivity index (χ2v) is 8.98. The second kappa shape index (κ2) is 9.08. The van der Waals surface area contributed by atoms with Crippen molar-refractivity contribution in [1.29, 1.82) is 0 Å². The standard InChI is InChI=1S/C21H18N6O4S2/c28-18(24-25-19(29)15-11-33-26-23-15)14-10-32-20(22-14)12-5-7-27(8-6-12)21(30)17-9-13-3-1-2-4-16(13)31-17/h1-4,9-12H,5-8H2,(H,24,28)(H,25,29). The fourth-order valence-corrected chi connectivity index (χ4v) is 5.06. The summed E-state index contributed by atoms with van der Waals surface area (Å²) in [7, 11) is 0. The van der Waals surface area contributed by atoms with Crippen LogP contribution in [0.5, 0.6) is 0 Å². The summed E-state index contributed by atoms with van der Waals surface area (Å²) in [5.74, 6) is -0.666. The minimum atomic E-state index is -0.547. The largest absolute Gasteiger partial charge is 0.451 e. The van der Waals surface area contributed by atoms with Crippen LogP contribution in [0, 0.1) is 0 Å². The SMILES string of the molecule is O=C(NNC(=O)c1csc(C2CCN(C(=O)c3cc4ccccc4o3)CC2)n1)c1csnn1. The van der Waals surface area contributed by atoms with Crippen LogP contribution in [0.1, 0.15) is 55.3 Å². The van der Waals surface area contributed by atoms with E-state index >= 15 is 0 Å². The highest BCUT2D eigenvalue weighted by Crippen LogP contribution is 2.31. The summed E-state index contributed by atoms with van der Waals surface area (Å²) in [4.78, 5) is 43.2. The third kappa shape index (κ3) is 4.47. The summed E-state index contributed by atoms with van der Waals surface area (Å²) in [6.45, 7) is 1.17. The van der Waals surface area contributed by atoms with E-state index in [9.17, 15) is 14.4 Å². The number of aromatic nitrogens is 3. The molecular formula is C21H18N6O4S2. The molecule has 1 fully saturated rings. The molecule has 0 spiro atoms. The number of carbonyl (C=O) groups excluding carboxylic acids is 3. The van der Waals surface area contributed by atoms with Crippen molar-refractivity contribution in [3.05, 3.63) is 63.2 Å². The molecule has 0 bridgehead atoms. The number of fused-ring (bicyclic) bond motifs is 1. The molecule has 1 aromatic carbocycles. The number of amides is 3. The monoisotopic (exact) mass is 482 g/mol. The number of nitrogens with zero attached hydrogens (tertiary/aromatic N) is 4. The number of rotatable bonds is 4. The average Bonchev–Trinajstić information content (AvgIpc) is 3.62. The lowest BCUT2D eigenvalue weighted by Gasteiger charge is -2.30. The van der Waals surface area contributed by atoms with Crippen LogP contribution < -0.4 is 10.9 Å². The fraction of sp³-hybridized carbons (Fsp3) is 0.238. The van der Waals surface area contributed by atoms with Gasteiger partial charge >= 0.3 is 0 Å². The molecule has 0 unspecified atom stereocenters. The highest BCUT2D eigenvalue weighted by Gasteiger charge is 2.28. The Morgan fingerprint density at radius 3 is 2.52 bits per heavy atom. The Kier molecular flexibility index (Phi) is 5.84. The van der Waals surface area contributed by atoms with Gasteiger partial charge in [0.1, 0.15) is 11.3 Å². The molecule has 168 valence electrons. The Morgan fingerprint density at radius 2 is 1.79 bits per heavy atom. The lowest BCUT2D eigenvalue weighted by molar-refractivity contribution is 0.0683. The van der Waals surface area contributed by atoms with Crippen LogP contribution in [0.25, 0.3) is 11.0 Å². The Morgan fingerprint density at radius 1 is 1.03 bits per heavy atom. The smallest absolute Gasteiger partial charge is 0.291 e. The predicted octanol–water partition coefficient (Wildman–Crippen LogP) is 2.84. The van der Waals surface area contributed by atoms with Gasteiger partial charge in [-0.1, -0.05) is 22.7 Å². The summed E-state index contributed by atoms with van der Waals surface area (Å²) < 4.78 is 9.31. The molecule has 0 atom stereocenters. The van der Waals surface area contributed by atoms with Crippen LogP contribution in [-0.4, -0.2) is 50.3 Å². The van der Waals surface area contributed by atoms with Crippen molar-refractivity contribution in [2.75, 3.05) is 13.1 Å². The molecule has 1 saturated heterocycles. The topological polar surface area (TPSA) is 130 Å². The van der Waals surface area contributed by atoms with Crippen molar-refractivity contribution in [2.45, 2.75) is 18.8 Å². The molecular weight excluding hydrogens is 464 g/mol. The highest BCUT2D eigenvalue weighted by atomic mass is 32.1. The van der Waals surface area contributed by atoms with Crippen molar-refractivity contribution in [2.24, 2.45) is 0 Å². The average molecular weight is 483 g/mol. The number of benzene rings is 1. The quantitative estimate of drug-likeness (QED) is 0.428. The first kappa shape index (κ1) is 21.2. The van der Waals surface area contributed by atoms with Crippen LogP contribution in [0.15, 0.2) is 45.5 Å². The summed E-state index contributed by atoms with van der Waals surface area (Å²) in [5.41, 5.74) is 5.68. The van der Waals surface area contributed by atoms with E-state index in [2.05, 4.69) is 25.4 Å². The summed E-state index contributed by atoms with van der Waals surface area (Å²) >= 11 is 2.44. The van der Waals surface area contributed by atoms with E-state index in [-0.39, 0.29) is 23.2 Å². The van der Waals surface area contributed by atoms with Gasteiger partial charge in [-0.2, -0.15) is 0 Å². The lowest BCUT2D eigenvalue weighted by Crippen LogP contribution is -2.42. The van der Waals surface area contributed by atoms with E-state index in [1.807, 2.05) is 24.3 Å². The molecule has 0 saturated carbocycles. The van der Waals surface area contributed by atoms with Crippen molar-refractivity contribution in [1.82, 2.24) is 30.3 Å². The van der Waals surface area contributed by atoms with Crippen LogP contribution >= 0.6 is 22.9 Å². The molecule has 5 rings (SSSR count). The second-order valence-electron chi connectivity index (χ2n) is 7.48. The van der Waals surface area contributed by atoms with E-state index in [1.54, 1.807) is 16.3 Å². The van der Waals surface area contributed by atoms with Crippen LogP contribution in [0.2, 0.25) is 0 Å². The molecule has 3 aromatic heterocycles. The number of hydrazine groups is 1. The number of para-hydroxylation sites is 1. The molecule has 0 aliphatic carbocycles. The number of nitrogens with one attached hydrogen (secondary N) is 2. The van der Waals surface area contributed by atoms with Crippen molar-refractivity contribution >= 4 is 51.6 Å².